The van der Waals surface area contributed by atoms with Gasteiger partial charge in [-0.3, -0.25) is 9.59 Å². The van der Waals surface area contributed by atoms with Gasteiger partial charge in [0.25, 0.3) is 0 Å². The summed E-state index contributed by atoms with van der Waals surface area (Å²) in [6.45, 7) is 1.94. The van der Waals surface area contributed by atoms with Crippen molar-refractivity contribution in [2.45, 2.75) is 38.1 Å². The third-order valence-electron chi connectivity index (χ3n) is 5.09. The summed E-state index contributed by atoms with van der Waals surface area (Å²) < 4.78 is 5.78. The van der Waals surface area contributed by atoms with E-state index in [-0.39, 0.29) is 36.2 Å². The third-order valence-corrected chi connectivity index (χ3v) is 5.33. The van der Waals surface area contributed by atoms with Crippen LogP contribution in [0.5, 0.6) is 5.75 Å². The van der Waals surface area contributed by atoms with Crippen LogP contribution in [-0.4, -0.2) is 49.0 Å². The summed E-state index contributed by atoms with van der Waals surface area (Å²) in [5.41, 5.74) is 6.39. The Morgan fingerprint density at radius 2 is 2.15 bits per heavy atom. The number of benzene rings is 1. The van der Waals surface area contributed by atoms with Crippen LogP contribution in [-0.2, 0) is 16.0 Å². The molecule has 3 rings (SSSR count). The van der Waals surface area contributed by atoms with Crippen molar-refractivity contribution in [3.05, 3.63) is 28.8 Å². The Bertz CT molecular complexity index is 672. The SMILES string of the molecule is Cl.NCCC(=O)NCC1CCCCN1C(=O)C1COc2ccc(Cl)cc2C1. The third kappa shape index (κ3) is 5.50. The number of hydrogen-bond acceptors (Lipinski definition) is 4. The van der Waals surface area contributed by atoms with Crippen LogP contribution in [0, 0.1) is 5.92 Å². The van der Waals surface area contributed by atoms with Crippen molar-refractivity contribution in [1.29, 1.82) is 0 Å². The maximum Gasteiger partial charge on any atom is 0.229 e. The second-order valence-corrected chi connectivity index (χ2v) is 7.42. The van der Waals surface area contributed by atoms with E-state index in [0.717, 1.165) is 37.1 Å². The van der Waals surface area contributed by atoms with E-state index in [1.165, 1.54) is 0 Å². The molecule has 8 heteroatoms. The maximum atomic E-state index is 13.1. The molecule has 1 saturated heterocycles. The first-order chi connectivity index (χ1) is 12.6. The van der Waals surface area contributed by atoms with Gasteiger partial charge in [0.05, 0.1) is 5.92 Å². The lowest BCUT2D eigenvalue weighted by Crippen LogP contribution is -2.52. The van der Waals surface area contributed by atoms with Gasteiger partial charge >= 0.3 is 0 Å². The summed E-state index contributed by atoms with van der Waals surface area (Å²) in [5, 5.41) is 3.55. The zero-order chi connectivity index (χ0) is 18.5. The van der Waals surface area contributed by atoms with Gasteiger partial charge in [0, 0.05) is 37.1 Å². The predicted octanol–water partition coefficient (Wildman–Crippen LogP) is 2.16. The molecule has 2 amide bonds. The minimum atomic E-state index is -0.207. The summed E-state index contributed by atoms with van der Waals surface area (Å²) in [6, 6.07) is 5.57. The zero-order valence-corrected chi connectivity index (χ0v) is 16.9. The van der Waals surface area contributed by atoms with Crippen LogP contribution < -0.4 is 15.8 Å². The molecule has 1 aromatic rings. The summed E-state index contributed by atoms with van der Waals surface area (Å²) >= 11 is 6.07. The molecule has 0 saturated carbocycles. The maximum absolute atomic E-state index is 13.1. The number of hydrogen-bond donors (Lipinski definition) is 2. The molecule has 1 aromatic carbocycles. The van der Waals surface area contributed by atoms with Gasteiger partial charge in [-0.1, -0.05) is 11.6 Å². The molecule has 2 heterocycles. The summed E-state index contributed by atoms with van der Waals surface area (Å²) in [7, 11) is 0. The Kier molecular flexibility index (Phi) is 8.20. The summed E-state index contributed by atoms with van der Waals surface area (Å²) in [5.74, 6) is 0.646. The van der Waals surface area contributed by atoms with Gasteiger partial charge in [-0.05, 0) is 49.4 Å². The topological polar surface area (TPSA) is 84.7 Å². The Balaban J connectivity index is 0.00000261. The lowest BCUT2D eigenvalue weighted by Gasteiger charge is -2.39. The molecule has 150 valence electrons. The molecule has 0 aromatic heterocycles. The lowest BCUT2D eigenvalue weighted by atomic mass is 9.93. The molecule has 0 radical (unpaired) electrons. The first-order valence-electron chi connectivity index (χ1n) is 9.27. The fourth-order valence-corrected chi connectivity index (χ4v) is 3.90. The molecule has 0 spiro atoms. The van der Waals surface area contributed by atoms with Crippen LogP contribution in [0.4, 0.5) is 0 Å². The number of piperidine rings is 1. The quantitative estimate of drug-likeness (QED) is 0.771. The number of halogens is 2. The van der Waals surface area contributed by atoms with Gasteiger partial charge in [-0.2, -0.15) is 0 Å². The van der Waals surface area contributed by atoms with Gasteiger partial charge in [-0.25, -0.2) is 0 Å². The highest BCUT2D eigenvalue weighted by molar-refractivity contribution is 6.30. The first kappa shape index (κ1) is 21.8. The number of likely N-dealkylation sites (tertiary alicyclic amines) is 1. The standard InChI is InChI=1S/C19H26ClN3O3.ClH/c20-15-4-5-17-13(10-15)9-14(12-26-17)19(25)23-8-2-1-3-16(23)11-22-18(24)6-7-21;/h4-5,10,14,16H,1-3,6-9,11-12,21H2,(H,22,24);1H. The Morgan fingerprint density at radius 1 is 1.33 bits per heavy atom. The van der Waals surface area contributed by atoms with Crippen molar-refractivity contribution < 1.29 is 14.3 Å². The van der Waals surface area contributed by atoms with E-state index >= 15 is 0 Å². The molecular weight excluding hydrogens is 389 g/mol. The van der Waals surface area contributed by atoms with Crippen LogP contribution in [0.2, 0.25) is 5.02 Å². The zero-order valence-electron chi connectivity index (χ0n) is 15.3. The van der Waals surface area contributed by atoms with Gasteiger partial charge in [0.15, 0.2) is 0 Å². The molecule has 2 atom stereocenters. The van der Waals surface area contributed by atoms with Crippen LogP contribution >= 0.6 is 24.0 Å². The van der Waals surface area contributed by atoms with E-state index < -0.39 is 0 Å². The fourth-order valence-electron chi connectivity index (χ4n) is 3.71. The molecule has 2 unspecified atom stereocenters. The first-order valence-corrected chi connectivity index (χ1v) is 9.64. The van der Waals surface area contributed by atoms with E-state index in [9.17, 15) is 9.59 Å². The van der Waals surface area contributed by atoms with Crippen molar-refractivity contribution in [3.8, 4) is 5.75 Å². The van der Waals surface area contributed by atoms with Crippen LogP contribution in [0.25, 0.3) is 0 Å². The minimum Gasteiger partial charge on any atom is -0.492 e. The summed E-state index contributed by atoms with van der Waals surface area (Å²) in [4.78, 5) is 26.7. The van der Waals surface area contributed by atoms with Gasteiger partial charge < -0.3 is 20.7 Å². The Hall–Kier alpha value is -1.50. The van der Waals surface area contributed by atoms with E-state index in [0.29, 0.717) is 37.6 Å². The van der Waals surface area contributed by atoms with Crippen LogP contribution in [0.15, 0.2) is 18.2 Å². The fraction of sp³-hybridized carbons (Fsp3) is 0.579. The molecule has 2 aliphatic heterocycles. The van der Waals surface area contributed by atoms with Crippen LogP contribution in [0.1, 0.15) is 31.2 Å². The Morgan fingerprint density at radius 3 is 2.93 bits per heavy atom. The van der Waals surface area contributed by atoms with Gasteiger partial charge in [0.2, 0.25) is 11.8 Å². The van der Waals surface area contributed by atoms with E-state index in [1.807, 2.05) is 17.0 Å². The van der Waals surface area contributed by atoms with Crippen molar-refractivity contribution in [3.63, 3.8) is 0 Å². The number of carbonyl (C=O) groups excluding carboxylic acids is 2. The van der Waals surface area contributed by atoms with E-state index in [1.54, 1.807) is 6.07 Å². The van der Waals surface area contributed by atoms with Gasteiger partial charge in [0.1, 0.15) is 12.4 Å². The average molecular weight is 416 g/mol. The highest BCUT2D eigenvalue weighted by atomic mass is 35.5. The Labute approximate surface area is 171 Å². The highest BCUT2D eigenvalue weighted by Gasteiger charge is 2.34. The molecule has 6 nitrogen and oxygen atoms in total. The van der Waals surface area contributed by atoms with Crippen molar-refractivity contribution in [2.24, 2.45) is 11.7 Å². The molecule has 2 aliphatic rings. The number of nitrogens with zero attached hydrogens (tertiary/aromatic N) is 1. The van der Waals surface area contributed by atoms with Crippen LogP contribution in [0.3, 0.4) is 0 Å². The van der Waals surface area contributed by atoms with Crippen molar-refractivity contribution >= 4 is 35.8 Å². The number of amides is 2. The normalized spacial score (nSPS) is 21.5. The second kappa shape index (κ2) is 10.2. The number of fused-ring (bicyclic) bond motifs is 1. The molecular formula is C19H27Cl2N3O3. The number of ether oxygens (including phenoxy) is 1. The minimum absolute atomic E-state index is 0. The largest absolute Gasteiger partial charge is 0.492 e. The number of nitrogens with two attached hydrogens (primary N) is 1. The lowest BCUT2D eigenvalue weighted by molar-refractivity contribution is -0.141. The number of rotatable bonds is 5. The smallest absolute Gasteiger partial charge is 0.229 e. The molecule has 3 N–H and O–H groups in total. The van der Waals surface area contributed by atoms with Crippen molar-refractivity contribution in [2.75, 3.05) is 26.2 Å². The highest BCUT2D eigenvalue weighted by Crippen LogP contribution is 2.31. The summed E-state index contributed by atoms with van der Waals surface area (Å²) in [6.07, 6.45) is 3.92. The predicted molar refractivity (Wildman–Crippen MR) is 107 cm³/mol. The van der Waals surface area contributed by atoms with E-state index in [4.69, 9.17) is 22.1 Å². The monoisotopic (exact) mass is 415 g/mol. The molecule has 1 fully saturated rings. The van der Waals surface area contributed by atoms with Crippen molar-refractivity contribution in [1.82, 2.24) is 10.2 Å². The van der Waals surface area contributed by atoms with Gasteiger partial charge in [-0.15, -0.1) is 12.4 Å². The van der Waals surface area contributed by atoms with E-state index in [2.05, 4.69) is 5.32 Å². The number of carbonyl (C=O) groups is 2. The molecule has 27 heavy (non-hydrogen) atoms. The molecule has 0 bridgehead atoms. The second-order valence-electron chi connectivity index (χ2n) is 6.99. The molecule has 0 aliphatic carbocycles. The number of nitrogens with one attached hydrogen (secondary N) is 1. The average Bonchev–Trinajstić information content (AvgIpc) is 2.65.